The molecule has 0 radical (unpaired) electrons. The van der Waals surface area contributed by atoms with Crippen LogP contribution in [0.3, 0.4) is 0 Å². The van der Waals surface area contributed by atoms with Crippen molar-refractivity contribution in [2.75, 3.05) is 13.7 Å². The molecule has 1 aliphatic carbocycles. The van der Waals surface area contributed by atoms with E-state index in [0.29, 0.717) is 12.5 Å². The van der Waals surface area contributed by atoms with Gasteiger partial charge in [0.05, 0.1) is 5.54 Å². The molecular weight excluding hydrogens is 383 g/mol. The van der Waals surface area contributed by atoms with Gasteiger partial charge in [0, 0.05) is 22.9 Å². The highest BCUT2D eigenvalue weighted by Gasteiger charge is 2.50. The predicted molar refractivity (Wildman–Crippen MR) is 88.4 cm³/mol. The van der Waals surface area contributed by atoms with Crippen molar-refractivity contribution in [3.8, 4) is 5.88 Å². The van der Waals surface area contributed by atoms with Crippen molar-refractivity contribution in [1.29, 1.82) is 0 Å². The Morgan fingerprint density at radius 1 is 1.43 bits per heavy atom. The number of carbonyl (C=O) groups excluding carboxylic acids is 1. The number of aromatic nitrogens is 1. The lowest BCUT2D eigenvalue weighted by molar-refractivity contribution is 0.0137. The van der Waals surface area contributed by atoms with Gasteiger partial charge in [-0.2, -0.15) is 0 Å². The molecular formula is C15H21IN2O3. The molecule has 1 amide bonds. The minimum atomic E-state index is -0.486. The van der Waals surface area contributed by atoms with Gasteiger partial charge in [0.15, 0.2) is 0 Å². The minimum absolute atomic E-state index is 0.257. The van der Waals surface area contributed by atoms with Gasteiger partial charge >= 0.3 is 6.09 Å². The van der Waals surface area contributed by atoms with Crippen LogP contribution in [-0.4, -0.2) is 40.8 Å². The van der Waals surface area contributed by atoms with Crippen LogP contribution in [0.15, 0.2) is 18.3 Å². The second-order valence-electron chi connectivity index (χ2n) is 6.37. The fourth-order valence-electron chi connectivity index (χ4n) is 1.90. The Labute approximate surface area is 139 Å². The Hall–Kier alpha value is -1.05. The van der Waals surface area contributed by atoms with Crippen LogP contribution >= 0.6 is 22.6 Å². The number of hydrogen-bond acceptors (Lipinski definition) is 4. The summed E-state index contributed by atoms with van der Waals surface area (Å²) in [5.74, 6) is 0.583. The van der Waals surface area contributed by atoms with Crippen LogP contribution in [0.25, 0.3) is 0 Å². The molecule has 1 aliphatic rings. The SMILES string of the molecule is CN(C(=O)OC(C)(C)C)C1(COc2ccc(I)cn2)CC1. The zero-order valence-electron chi connectivity index (χ0n) is 12.9. The highest BCUT2D eigenvalue weighted by molar-refractivity contribution is 14.1. The first-order chi connectivity index (χ1) is 9.72. The van der Waals surface area contributed by atoms with Crippen molar-refractivity contribution in [3.05, 3.63) is 21.9 Å². The van der Waals surface area contributed by atoms with Crippen LogP contribution in [0.5, 0.6) is 5.88 Å². The topological polar surface area (TPSA) is 51.7 Å². The van der Waals surface area contributed by atoms with E-state index in [-0.39, 0.29) is 11.6 Å². The molecule has 0 aliphatic heterocycles. The van der Waals surface area contributed by atoms with Crippen molar-refractivity contribution in [1.82, 2.24) is 9.88 Å². The molecule has 0 spiro atoms. The quantitative estimate of drug-likeness (QED) is 0.722. The molecule has 1 fully saturated rings. The monoisotopic (exact) mass is 404 g/mol. The molecule has 1 saturated carbocycles. The molecule has 5 nitrogen and oxygen atoms in total. The van der Waals surface area contributed by atoms with Crippen molar-refractivity contribution in [2.45, 2.75) is 44.8 Å². The van der Waals surface area contributed by atoms with Gasteiger partial charge in [0.2, 0.25) is 5.88 Å². The van der Waals surface area contributed by atoms with Crippen LogP contribution in [0.4, 0.5) is 4.79 Å². The van der Waals surface area contributed by atoms with Gasteiger partial charge in [-0.25, -0.2) is 9.78 Å². The molecule has 6 heteroatoms. The third kappa shape index (κ3) is 4.46. The summed E-state index contributed by atoms with van der Waals surface area (Å²) in [6.07, 6.45) is 3.30. The zero-order valence-corrected chi connectivity index (χ0v) is 15.0. The van der Waals surface area contributed by atoms with E-state index in [2.05, 4.69) is 27.6 Å². The molecule has 116 valence electrons. The average Bonchev–Trinajstić information content (AvgIpc) is 3.16. The zero-order chi connectivity index (χ0) is 15.7. The van der Waals surface area contributed by atoms with Gasteiger partial charge in [-0.05, 0) is 62.3 Å². The normalized spacial score (nSPS) is 16.2. The third-order valence-corrected chi connectivity index (χ3v) is 4.03. The maximum atomic E-state index is 12.1. The van der Waals surface area contributed by atoms with Crippen molar-refractivity contribution in [3.63, 3.8) is 0 Å². The maximum absolute atomic E-state index is 12.1. The minimum Gasteiger partial charge on any atom is -0.475 e. The van der Waals surface area contributed by atoms with Crippen LogP contribution in [0.2, 0.25) is 0 Å². The summed E-state index contributed by atoms with van der Waals surface area (Å²) in [6, 6.07) is 3.78. The molecule has 21 heavy (non-hydrogen) atoms. The fraction of sp³-hybridized carbons (Fsp3) is 0.600. The predicted octanol–water partition coefficient (Wildman–Crippen LogP) is 3.46. The van der Waals surface area contributed by atoms with E-state index in [0.717, 1.165) is 16.4 Å². The van der Waals surface area contributed by atoms with Gasteiger partial charge in [-0.15, -0.1) is 0 Å². The lowest BCUT2D eigenvalue weighted by Crippen LogP contribution is -2.45. The molecule has 0 aromatic carbocycles. The Bertz CT molecular complexity index is 507. The molecule has 1 aromatic rings. The van der Waals surface area contributed by atoms with E-state index in [1.807, 2.05) is 32.9 Å². The standard InChI is InChI=1S/C15H21IN2O3/c1-14(2,3)21-13(19)18(4)15(7-8-15)10-20-12-6-5-11(16)9-17-12/h5-6,9H,7-8,10H2,1-4H3. The number of hydrogen-bond donors (Lipinski definition) is 0. The molecule has 2 rings (SSSR count). The molecule has 0 N–H and O–H groups in total. The second-order valence-corrected chi connectivity index (χ2v) is 7.61. The van der Waals surface area contributed by atoms with E-state index in [1.165, 1.54) is 0 Å². The van der Waals surface area contributed by atoms with E-state index < -0.39 is 5.60 Å². The first-order valence-electron chi connectivity index (χ1n) is 6.93. The van der Waals surface area contributed by atoms with E-state index in [1.54, 1.807) is 18.1 Å². The van der Waals surface area contributed by atoms with Crippen LogP contribution in [0.1, 0.15) is 33.6 Å². The number of ether oxygens (including phenoxy) is 2. The largest absolute Gasteiger partial charge is 0.475 e. The summed E-state index contributed by atoms with van der Waals surface area (Å²) in [7, 11) is 1.77. The maximum Gasteiger partial charge on any atom is 0.410 e. The number of likely N-dealkylation sites (N-methyl/N-ethyl adjacent to an activating group) is 1. The number of rotatable bonds is 4. The molecule has 1 heterocycles. The fourth-order valence-corrected chi connectivity index (χ4v) is 2.22. The first kappa shape index (κ1) is 16.3. The number of pyridine rings is 1. The number of amides is 1. The van der Waals surface area contributed by atoms with Crippen molar-refractivity contribution in [2.24, 2.45) is 0 Å². The lowest BCUT2D eigenvalue weighted by Gasteiger charge is -2.30. The summed E-state index contributed by atoms with van der Waals surface area (Å²) in [4.78, 5) is 18.0. The van der Waals surface area contributed by atoms with Crippen LogP contribution in [-0.2, 0) is 4.74 Å². The van der Waals surface area contributed by atoms with Crippen LogP contribution in [0, 0.1) is 3.57 Å². The van der Waals surface area contributed by atoms with Crippen molar-refractivity contribution >= 4 is 28.7 Å². The van der Waals surface area contributed by atoms with Gasteiger partial charge in [0.1, 0.15) is 12.2 Å². The first-order valence-corrected chi connectivity index (χ1v) is 8.01. The smallest absolute Gasteiger partial charge is 0.410 e. The summed E-state index contributed by atoms with van der Waals surface area (Å²) < 4.78 is 12.2. The van der Waals surface area contributed by atoms with Gasteiger partial charge in [-0.3, -0.25) is 0 Å². The Morgan fingerprint density at radius 3 is 2.57 bits per heavy atom. The second kappa shape index (κ2) is 5.98. The van der Waals surface area contributed by atoms with E-state index in [9.17, 15) is 4.79 Å². The molecule has 0 unspecified atom stereocenters. The third-order valence-electron chi connectivity index (χ3n) is 3.40. The number of nitrogens with zero attached hydrogens (tertiary/aromatic N) is 2. The highest BCUT2D eigenvalue weighted by Crippen LogP contribution is 2.41. The summed E-state index contributed by atoms with van der Waals surface area (Å²) in [6.45, 7) is 6.04. The number of carbonyl (C=O) groups is 1. The highest BCUT2D eigenvalue weighted by atomic mass is 127. The lowest BCUT2D eigenvalue weighted by atomic mass is 10.2. The average molecular weight is 404 g/mol. The van der Waals surface area contributed by atoms with Crippen LogP contribution < -0.4 is 4.74 Å². The van der Waals surface area contributed by atoms with Gasteiger partial charge < -0.3 is 14.4 Å². The Balaban J connectivity index is 1.93. The van der Waals surface area contributed by atoms with E-state index in [4.69, 9.17) is 9.47 Å². The summed E-state index contributed by atoms with van der Waals surface area (Å²) in [5, 5.41) is 0. The summed E-state index contributed by atoms with van der Waals surface area (Å²) in [5.41, 5.74) is -0.743. The van der Waals surface area contributed by atoms with Gasteiger partial charge in [0.25, 0.3) is 0 Å². The Kier molecular flexibility index (Phi) is 4.65. The molecule has 0 saturated heterocycles. The number of halogens is 1. The van der Waals surface area contributed by atoms with Gasteiger partial charge in [-0.1, -0.05) is 0 Å². The molecule has 1 aromatic heterocycles. The van der Waals surface area contributed by atoms with E-state index >= 15 is 0 Å². The molecule has 0 bridgehead atoms. The Morgan fingerprint density at radius 2 is 2.10 bits per heavy atom. The summed E-state index contributed by atoms with van der Waals surface area (Å²) >= 11 is 2.20. The van der Waals surface area contributed by atoms with Crippen molar-refractivity contribution < 1.29 is 14.3 Å². The molecule has 0 atom stereocenters.